The second kappa shape index (κ2) is 7.45. The molecule has 5 nitrogen and oxygen atoms in total. The lowest BCUT2D eigenvalue weighted by Crippen LogP contribution is -2.47. The summed E-state index contributed by atoms with van der Waals surface area (Å²) in [4.78, 5) is 13.9. The van der Waals surface area contributed by atoms with Gasteiger partial charge in [-0.05, 0) is 50.5 Å². The summed E-state index contributed by atoms with van der Waals surface area (Å²) in [6.45, 7) is 0.322. The number of ether oxygens (including phenoxy) is 3. The van der Waals surface area contributed by atoms with Gasteiger partial charge >= 0.3 is 12.7 Å². The molecule has 0 atom stereocenters. The second-order valence-electron chi connectivity index (χ2n) is 6.83. The molecule has 0 N–H and O–H groups in total. The van der Waals surface area contributed by atoms with Crippen LogP contribution in [0.4, 0.5) is 13.6 Å². The number of benzene rings is 1. The van der Waals surface area contributed by atoms with Crippen molar-refractivity contribution < 1.29 is 27.8 Å². The van der Waals surface area contributed by atoms with Crippen LogP contribution in [0, 0.1) is 0 Å². The summed E-state index contributed by atoms with van der Waals surface area (Å²) < 4.78 is 40.0. The van der Waals surface area contributed by atoms with E-state index in [-0.39, 0.29) is 23.5 Å². The van der Waals surface area contributed by atoms with Crippen molar-refractivity contribution in [3.8, 4) is 11.5 Å². The molecule has 2 fully saturated rings. The minimum atomic E-state index is -2.84. The average Bonchev–Trinajstić information content (AvgIpc) is 2.55. The van der Waals surface area contributed by atoms with Crippen molar-refractivity contribution in [3.05, 3.63) is 24.3 Å². The molecule has 25 heavy (non-hydrogen) atoms. The van der Waals surface area contributed by atoms with Crippen LogP contribution in [0.25, 0.3) is 0 Å². The number of nitrogens with zero attached hydrogens (tertiary/aromatic N) is 1. The maximum Gasteiger partial charge on any atom is 0.410 e. The molecule has 0 bridgehead atoms. The lowest BCUT2D eigenvalue weighted by atomic mass is 9.82. The average molecular weight is 355 g/mol. The molecule has 1 aromatic rings. The standard InChI is InChI=1S/C18H23F2NO4/c1-18(9-2-10-18)25-17(22)21-11-7-15(8-12-21)23-13-3-5-14(6-4-13)24-16(19)20/h3-6,15-16H,2,7-12H2,1H3. The lowest BCUT2D eigenvalue weighted by molar-refractivity contribution is -0.0524. The van der Waals surface area contributed by atoms with Gasteiger partial charge in [-0.15, -0.1) is 0 Å². The number of amides is 1. The van der Waals surface area contributed by atoms with Crippen LogP contribution >= 0.6 is 0 Å². The van der Waals surface area contributed by atoms with E-state index in [2.05, 4.69) is 4.74 Å². The van der Waals surface area contributed by atoms with Crippen LogP contribution < -0.4 is 9.47 Å². The predicted octanol–water partition coefficient (Wildman–Crippen LogP) is 4.21. The molecule has 1 saturated carbocycles. The molecule has 138 valence electrons. The Morgan fingerprint density at radius 2 is 1.76 bits per heavy atom. The number of piperidine rings is 1. The molecule has 3 rings (SSSR count). The van der Waals surface area contributed by atoms with Gasteiger partial charge in [0.25, 0.3) is 0 Å². The number of hydrogen-bond acceptors (Lipinski definition) is 4. The molecule has 7 heteroatoms. The van der Waals surface area contributed by atoms with E-state index in [0.29, 0.717) is 31.7 Å². The van der Waals surface area contributed by atoms with Crippen molar-refractivity contribution in [1.29, 1.82) is 0 Å². The molecule has 0 radical (unpaired) electrons. The molecule has 1 saturated heterocycles. The third kappa shape index (κ3) is 4.74. The number of carbonyl (C=O) groups is 1. The smallest absolute Gasteiger partial charge is 0.410 e. The van der Waals surface area contributed by atoms with Gasteiger partial charge in [0.2, 0.25) is 0 Å². The topological polar surface area (TPSA) is 48.0 Å². The van der Waals surface area contributed by atoms with E-state index in [1.165, 1.54) is 12.1 Å². The highest BCUT2D eigenvalue weighted by atomic mass is 19.3. The molecular formula is C18H23F2NO4. The fourth-order valence-corrected chi connectivity index (χ4v) is 3.10. The quantitative estimate of drug-likeness (QED) is 0.794. The number of alkyl halides is 2. The summed E-state index contributed by atoms with van der Waals surface area (Å²) >= 11 is 0. The molecule has 1 heterocycles. The monoisotopic (exact) mass is 355 g/mol. The third-order valence-electron chi connectivity index (χ3n) is 4.80. The first-order valence-corrected chi connectivity index (χ1v) is 8.63. The Morgan fingerprint density at radius 3 is 2.28 bits per heavy atom. The molecule has 1 aromatic carbocycles. The SMILES string of the molecule is CC1(OC(=O)N2CCC(Oc3ccc(OC(F)F)cc3)CC2)CCC1. The Hall–Kier alpha value is -2.05. The fourth-order valence-electron chi connectivity index (χ4n) is 3.10. The number of carbonyl (C=O) groups excluding carboxylic acids is 1. The molecule has 1 aliphatic carbocycles. The van der Waals surface area contributed by atoms with Crippen LogP contribution in [-0.2, 0) is 4.74 Å². The Bertz CT molecular complexity index is 581. The zero-order chi connectivity index (χ0) is 17.9. The van der Waals surface area contributed by atoms with E-state index in [0.717, 1.165) is 19.3 Å². The van der Waals surface area contributed by atoms with Crippen molar-refractivity contribution in [2.45, 2.75) is 57.3 Å². The molecule has 0 unspecified atom stereocenters. The van der Waals surface area contributed by atoms with Crippen molar-refractivity contribution in [3.63, 3.8) is 0 Å². The van der Waals surface area contributed by atoms with Crippen molar-refractivity contribution in [1.82, 2.24) is 4.90 Å². The van der Waals surface area contributed by atoms with Crippen molar-refractivity contribution >= 4 is 6.09 Å². The van der Waals surface area contributed by atoms with E-state index >= 15 is 0 Å². The maximum atomic E-state index is 12.2. The zero-order valence-corrected chi connectivity index (χ0v) is 14.2. The van der Waals surface area contributed by atoms with Crippen LogP contribution in [-0.4, -0.2) is 42.4 Å². The van der Waals surface area contributed by atoms with Gasteiger partial charge in [-0.1, -0.05) is 0 Å². The van der Waals surface area contributed by atoms with Gasteiger partial charge in [0, 0.05) is 25.9 Å². The first kappa shape index (κ1) is 17.8. The van der Waals surface area contributed by atoms with Gasteiger partial charge in [0.15, 0.2) is 0 Å². The highest BCUT2D eigenvalue weighted by Gasteiger charge is 2.37. The number of likely N-dealkylation sites (tertiary alicyclic amines) is 1. The van der Waals surface area contributed by atoms with Gasteiger partial charge in [-0.25, -0.2) is 4.79 Å². The summed E-state index contributed by atoms with van der Waals surface area (Å²) in [5.74, 6) is 0.703. The van der Waals surface area contributed by atoms with Gasteiger partial charge in [-0.3, -0.25) is 0 Å². The van der Waals surface area contributed by atoms with Gasteiger partial charge in [-0.2, -0.15) is 8.78 Å². The Morgan fingerprint density at radius 1 is 1.16 bits per heavy atom. The van der Waals surface area contributed by atoms with Crippen LogP contribution in [0.1, 0.15) is 39.0 Å². The summed E-state index contributed by atoms with van der Waals surface area (Å²) in [6, 6.07) is 6.12. The largest absolute Gasteiger partial charge is 0.490 e. The third-order valence-corrected chi connectivity index (χ3v) is 4.80. The van der Waals surface area contributed by atoms with Gasteiger partial charge in [0.05, 0.1) is 0 Å². The lowest BCUT2D eigenvalue weighted by Gasteiger charge is -2.40. The van der Waals surface area contributed by atoms with E-state index in [9.17, 15) is 13.6 Å². The zero-order valence-electron chi connectivity index (χ0n) is 14.2. The predicted molar refractivity (Wildman–Crippen MR) is 87.0 cm³/mol. The van der Waals surface area contributed by atoms with Crippen LogP contribution in [0.2, 0.25) is 0 Å². The second-order valence-corrected chi connectivity index (χ2v) is 6.83. The number of halogens is 2. The van der Waals surface area contributed by atoms with Crippen LogP contribution in [0.3, 0.4) is 0 Å². The Kier molecular flexibility index (Phi) is 5.30. The molecule has 0 spiro atoms. The Balaban J connectivity index is 1.43. The number of rotatable bonds is 5. The molecular weight excluding hydrogens is 332 g/mol. The van der Waals surface area contributed by atoms with E-state index < -0.39 is 6.61 Å². The summed E-state index contributed by atoms with van der Waals surface area (Å²) in [5.41, 5.74) is -0.285. The van der Waals surface area contributed by atoms with E-state index in [4.69, 9.17) is 9.47 Å². The summed E-state index contributed by atoms with van der Waals surface area (Å²) in [6.07, 6.45) is 4.15. The molecule has 1 aliphatic heterocycles. The van der Waals surface area contributed by atoms with E-state index in [1.807, 2.05) is 6.92 Å². The first-order valence-electron chi connectivity index (χ1n) is 8.63. The minimum absolute atomic E-state index is 0.00907. The molecule has 0 aromatic heterocycles. The van der Waals surface area contributed by atoms with Crippen LogP contribution in [0.5, 0.6) is 11.5 Å². The Labute approximate surface area is 145 Å². The van der Waals surface area contributed by atoms with Gasteiger partial charge in [0.1, 0.15) is 23.2 Å². The molecule has 1 amide bonds. The molecule has 2 aliphatic rings. The normalized spacial score (nSPS) is 20.1. The summed E-state index contributed by atoms with van der Waals surface area (Å²) in [5, 5.41) is 0. The van der Waals surface area contributed by atoms with Gasteiger partial charge < -0.3 is 19.1 Å². The highest BCUT2D eigenvalue weighted by molar-refractivity contribution is 5.68. The first-order chi connectivity index (χ1) is 11.9. The van der Waals surface area contributed by atoms with Crippen LogP contribution in [0.15, 0.2) is 24.3 Å². The number of hydrogen-bond donors (Lipinski definition) is 0. The minimum Gasteiger partial charge on any atom is -0.490 e. The van der Waals surface area contributed by atoms with E-state index in [1.54, 1.807) is 17.0 Å². The maximum absolute atomic E-state index is 12.2. The fraction of sp³-hybridized carbons (Fsp3) is 0.611. The van der Waals surface area contributed by atoms with Crippen molar-refractivity contribution in [2.24, 2.45) is 0 Å². The van der Waals surface area contributed by atoms with Crippen molar-refractivity contribution in [2.75, 3.05) is 13.1 Å². The highest BCUT2D eigenvalue weighted by Crippen LogP contribution is 2.35. The summed E-state index contributed by atoms with van der Waals surface area (Å²) in [7, 11) is 0.